The molecule has 26 heavy (non-hydrogen) atoms. The third kappa shape index (κ3) is 4.40. The van der Waals surface area contributed by atoms with E-state index in [1.165, 1.54) is 35.6 Å². The van der Waals surface area contributed by atoms with Crippen LogP contribution in [0.5, 0.6) is 0 Å². The minimum Gasteiger partial charge on any atom is -0.392 e. The van der Waals surface area contributed by atoms with Crippen molar-refractivity contribution in [3.05, 3.63) is 48.0 Å². The second kappa shape index (κ2) is 9.18. The SMILES string of the molecule is Cl.OC1CCN([C@@H]2CCCC[C@H]2OCCc2cccc3ccccc23)C1. The summed E-state index contributed by atoms with van der Waals surface area (Å²) in [6.07, 6.45) is 7.00. The molecule has 2 aromatic rings. The van der Waals surface area contributed by atoms with E-state index in [0.29, 0.717) is 12.1 Å². The number of nitrogens with zero attached hydrogens (tertiary/aromatic N) is 1. The van der Waals surface area contributed by atoms with E-state index in [4.69, 9.17) is 4.74 Å². The maximum atomic E-state index is 9.86. The van der Waals surface area contributed by atoms with Crippen LogP contribution in [0.15, 0.2) is 42.5 Å². The minimum absolute atomic E-state index is 0. The van der Waals surface area contributed by atoms with Gasteiger partial charge in [0.1, 0.15) is 0 Å². The lowest BCUT2D eigenvalue weighted by Gasteiger charge is -2.37. The fourth-order valence-corrected chi connectivity index (χ4v) is 4.59. The Bertz CT molecular complexity index is 702. The van der Waals surface area contributed by atoms with Crippen molar-refractivity contribution < 1.29 is 9.84 Å². The number of halogens is 1. The molecule has 0 bridgehead atoms. The summed E-state index contributed by atoms with van der Waals surface area (Å²) in [5.74, 6) is 0. The average Bonchev–Trinajstić information content (AvgIpc) is 3.08. The van der Waals surface area contributed by atoms with Gasteiger partial charge in [-0.1, -0.05) is 55.3 Å². The number of β-amino-alcohol motifs (C(OH)–C–C–N with tert-alkyl or cyclic N) is 1. The van der Waals surface area contributed by atoms with Crippen LogP contribution in [0.4, 0.5) is 0 Å². The van der Waals surface area contributed by atoms with Crippen LogP contribution in [0.1, 0.15) is 37.7 Å². The number of aliphatic hydroxyl groups excluding tert-OH is 1. The topological polar surface area (TPSA) is 32.7 Å². The largest absolute Gasteiger partial charge is 0.392 e. The Morgan fingerprint density at radius 1 is 1.00 bits per heavy atom. The average molecular weight is 376 g/mol. The summed E-state index contributed by atoms with van der Waals surface area (Å²) in [4.78, 5) is 2.46. The molecule has 142 valence electrons. The molecule has 1 N–H and O–H groups in total. The van der Waals surface area contributed by atoms with E-state index in [1.54, 1.807) is 0 Å². The molecule has 1 heterocycles. The normalized spacial score (nSPS) is 26.7. The third-order valence-corrected chi connectivity index (χ3v) is 5.91. The summed E-state index contributed by atoms with van der Waals surface area (Å²) in [5.41, 5.74) is 1.38. The van der Waals surface area contributed by atoms with Crippen molar-refractivity contribution in [2.45, 2.75) is 56.8 Å². The quantitative estimate of drug-likeness (QED) is 0.850. The number of aliphatic hydroxyl groups is 1. The first-order chi connectivity index (χ1) is 12.3. The molecule has 4 rings (SSSR count). The van der Waals surface area contributed by atoms with Crippen LogP contribution < -0.4 is 0 Å². The van der Waals surface area contributed by atoms with Gasteiger partial charge in [-0.25, -0.2) is 0 Å². The van der Waals surface area contributed by atoms with E-state index < -0.39 is 0 Å². The van der Waals surface area contributed by atoms with Gasteiger partial charge in [-0.2, -0.15) is 0 Å². The van der Waals surface area contributed by atoms with Gasteiger partial charge >= 0.3 is 0 Å². The lowest BCUT2D eigenvalue weighted by Crippen LogP contribution is -2.46. The van der Waals surface area contributed by atoms with Crippen molar-refractivity contribution in [3.8, 4) is 0 Å². The van der Waals surface area contributed by atoms with Crippen LogP contribution in [-0.2, 0) is 11.2 Å². The summed E-state index contributed by atoms with van der Waals surface area (Å²) < 4.78 is 6.37. The van der Waals surface area contributed by atoms with Gasteiger partial charge in [0.2, 0.25) is 0 Å². The molecule has 0 aromatic heterocycles. The molecule has 1 saturated carbocycles. The second-order valence-corrected chi connectivity index (χ2v) is 7.59. The molecular formula is C22H30ClNO2. The Kier molecular flexibility index (Phi) is 6.93. The van der Waals surface area contributed by atoms with Crippen molar-refractivity contribution in [3.63, 3.8) is 0 Å². The van der Waals surface area contributed by atoms with Crippen LogP contribution in [-0.4, -0.2) is 48.0 Å². The van der Waals surface area contributed by atoms with Gasteiger partial charge in [-0.3, -0.25) is 4.90 Å². The molecule has 2 aromatic carbocycles. The van der Waals surface area contributed by atoms with Gasteiger partial charge < -0.3 is 9.84 Å². The van der Waals surface area contributed by atoms with E-state index in [1.807, 2.05) is 0 Å². The predicted octanol–water partition coefficient (Wildman–Crippen LogP) is 4.20. The van der Waals surface area contributed by atoms with Gasteiger partial charge in [0.25, 0.3) is 0 Å². The van der Waals surface area contributed by atoms with E-state index in [2.05, 4.69) is 47.4 Å². The Hall–Kier alpha value is -1.13. The molecule has 2 aliphatic rings. The molecular weight excluding hydrogens is 346 g/mol. The van der Waals surface area contributed by atoms with Gasteiger partial charge in [-0.05, 0) is 42.0 Å². The fourth-order valence-electron chi connectivity index (χ4n) is 4.59. The van der Waals surface area contributed by atoms with Crippen LogP contribution in [0.2, 0.25) is 0 Å². The maximum Gasteiger partial charge on any atom is 0.0730 e. The minimum atomic E-state index is -0.141. The maximum absolute atomic E-state index is 9.86. The van der Waals surface area contributed by atoms with Gasteiger partial charge in [-0.15, -0.1) is 12.4 Å². The van der Waals surface area contributed by atoms with Crippen molar-refractivity contribution in [1.82, 2.24) is 4.90 Å². The first kappa shape index (κ1) is 19.6. The Morgan fingerprint density at radius 3 is 2.65 bits per heavy atom. The van der Waals surface area contributed by atoms with Gasteiger partial charge in [0.05, 0.1) is 18.8 Å². The molecule has 0 amide bonds. The molecule has 0 radical (unpaired) electrons. The summed E-state index contributed by atoms with van der Waals surface area (Å²) in [6.45, 7) is 2.63. The van der Waals surface area contributed by atoms with Crippen molar-refractivity contribution in [2.75, 3.05) is 19.7 Å². The highest BCUT2D eigenvalue weighted by Crippen LogP contribution is 2.28. The zero-order valence-corrected chi connectivity index (χ0v) is 16.2. The Labute approximate surface area is 162 Å². The van der Waals surface area contributed by atoms with E-state index in [0.717, 1.165) is 39.0 Å². The van der Waals surface area contributed by atoms with E-state index >= 15 is 0 Å². The highest BCUT2D eigenvalue weighted by atomic mass is 35.5. The number of hydrogen-bond donors (Lipinski definition) is 1. The Balaban J connectivity index is 0.00000196. The number of hydrogen-bond acceptors (Lipinski definition) is 3. The van der Waals surface area contributed by atoms with Crippen molar-refractivity contribution in [2.24, 2.45) is 0 Å². The molecule has 1 unspecified atom stereocenters. The molecule has 1 aliphatic heterocycles. The highest BCUT2D eigenvalue weighted by molar-refractivity contribution is 5.86. The van der Waals surface area contributed by atoms with Gasteiger partial charge in [0.15, 0.2) is 0 Å². The van der Waals surface area contributed by atoms with Crippen molar-refractivity contribution >= 4 is 23.2 Å². The van der Waals surface area contributed by atoms with E-state index in [9.17, 15) is 5.11 Å². The molecule has 4 heteroatoms. The molecule has 1 aliphatic carbocycles. The summed E-state index contributed by atoms with van der Waals surface area (Å²) >= 11 is 0. The lowest BCUT2D eigenvalue weighted by molar-refractivity contribution is -0.0315. The smallest absolute Gasteiger partial charge is 0.0730 e. The molecule has 0 spiro atoms. The summed E-state index contributed by atoms with van der Waals surface area (Å²) in [6, 6.07) is 15.6. The highest BCUT2D eigenvalue weighted by Gasteiger charge is 2.34. The van der Waals surface area contributed by atoms with Crippen LogP contribution in [0.3, 0.4) is 0 Å². The van der Waals surface area contributed by atoms with Crippen LogP contribution in [0.25, 0.3) is 10.8 Å². The number of likely N-dealkylation sites (tertiary alicyclic amines) is 1. The second-order valence-electron chi connectivity index (χ2n) is 7.59. The first-order valence-electron chi connectivity index (χ1n) is 9.81. The zero-order chi connectivity index (χ0) is 17.1. The first-order valence-corrected chi connectivity index (χ1v) is 9.81. The zero-order valence-electron chi connectivity index (χ0n) is 15.3. The van der Waals surface area contributed by atoms with E-state index in [-0.39, 0.29) is 18.5 Å². The standard InChI is InChI=1S/C22H29NO2.ClH/c24-19-12-14-23(16-19)21-10-3-4-11-22(21)25-15-13-18-8-5-7-17-6-1-2-9-20(17)18;/h1-2,5-9,19,21-22,24H,3-4,10-16H2;1H/t19?,21-,22-;/m1./s1. The van der Waals surface area contributed by atoms with Crippen LogP contribution >= 0.6 is 12.4 Å². The summed E-state index contributed by atoms with van der Waals surface area (Å²) in [7, 11) is 0. The lowest BCUT2D eigenvalue weighted by atomic mass is 9.91. The number of ether oxygens (including phenoxy) is 1. The molecule has 1 saturated heterocycles. The number of benzene rings is 2. The Morgan fingerprint density at radius 2 is 1.81 bits per heavy atom. The fraction of sp³-hybridized carbons (Fsp3) is 0.545. The molecule has 3 atom stereocenters. The van der Waals surface area contributed by atoms with Crippen molar-refractivity contribution in [1.29, 1.82) is 0 Å². The molecule has 3 nitrogen and oxygen atoms in total. The third-order valence-electron chi connectivity index (χ3n) is 5.91. The number of rotatable bonds is 5. The van der Waals surface area contributed by atoms with Gasteiger partial charge in [0, 0.05) is 19.1 Å². The predicted molar refractivity (Wildman–Crippen MR) is 109 cm³/mol. The molecule has 2 fully saturated rings. The number of fused-ring (bicyclic) bond motifs is 1. The monoisotopic (exact) mass is 375 g/mol. The van der Waals surface area contributed by atoms with Crippen LogP contribution in [0, 0.1) is 0 Å². The summed E-state index contributed by atoms with van der Waals surface area (Å²) in [5, 5.41) is 12.5.